The number of carbonyl (C=O) groups is 2. The zero-order chi connectivity index (χ0) is 12.3. The molecule has 0 aromatic heterocycles. The molecule has 1 heterocycles. The van der Waals surface area contributed by atoms with Gasteiger partial charge in [-0.3, -0.25) is 4.79 Å². The molecule has 4 heteroatoms. The molecule has 1 atom stereocenters. The molecule has 0 N–H and O–H groups in total. The third kappa shape index (κ3) is 2.71. The molecule has 1 saturated heterocycles. The van der Waals surface area contributed by atoms with Crippen molar-refractivity contribution in [2.45, 2.75) is 18.9 Å². The molecule has 4 nitrogen and oxygen atoms in total. The van der Waals surface area contributed by atoms with E-state index in [1.54, 1.807) is 18.2 Å². The Morgan fingerprint density at radius 2 is 2.29 bits per heavy atom. The van der Waals surface area contributed by atoms with Crippen LogP contribution in [0.25, 0.3) is 0 Å². The highest BCUT2D eigenvalue weighted by Gasteiger charge is 2.22. The van der Waals surface area contributed by atoms with Crippen LogP contribution in [0.5, 0.6) is 0 Å². The third-order valence-corrected chi connectivity index (χ3v) is 2.79. The van der Waals surface area contributed by atoms with Crippen LogP contribution >= 0.6 is 0 Å². The Balaban J connectivity index is 2.20. The van der Waals surface area contributed by atoms with Crippen LogP contribution in [-0.2, 0) is 14.3 Å². The summed E-state index contributed by atoms with van der Waals surface area (Å²) < 4.78 is 10.2. The van der Waals surface area contributed by atoms with Gasteiger partial charge in [-0.2, -0.15) is 0 Å². The zero-order valence-corrected chi connectivity index (χ0v) is 9.64. The van der Waals surface area contributed by atoms with Crippen molar-refractivity contribution < 1.29 is 19.1 Å². The quantitative estimate of drug-likeness (QED) is 0.733. The monoisotopic (exact) mass is 234 g/mol. The fourth-order valence-electron chi connectivity index (χ4n) is 1.88. The molecule has 90 valence electrons. The van der Waals surface area contributed by atoms with Gasteiger partial charge in [0.25, 0.3) is 0 Å². The molecule has 1 fully saturated rings. The first-order chi connectivity index (χ1) is 8.20. The second-order valence-corrected chi connectivity index (χ2v) is 3.97. The van der Waals surface area contributed by atoms with Crippen molar-refractivity contribution in [1.29, 1.82) is 0 Å². The molecule has 2 rings (SSSR count). The lowest BCUT2D eigenvalue weighted by Crippen LogP contribution is -2.19. The van der Waals surface area contributed by atoms with Gasteiger partial charge in [0.15, 0.2) is 0 Å². The predicted molar refractivity (Wildman–Crippen MR) is 60.7 cm³/mol. The van der Waals surface area contributed by atoms with E-state index in [0.29, 0.717) is 25.0 Å². The second-order valence-electron chi connectivity index (χ2n) is 3.97. The number of ketones is 1. The highest BCUT2D eigenvalue weighted by atomic mass is 16.5. The summed E-state index contributed by atoms with van der Waals surface area (Å²) in [5.41, 5.74) is 1.33. The topological polar surface area (TPSA) is 52.6 Å². The van der Waals surface area contributed by atoms with E-state index in [-0.39, 0.29) is 17.9 Å². The van der Waals surface area contributed by atoms with Crippen molar-refractivity contribution in [2.24, 2.45) is 0 Å². The lowest BCUT2D eigenvalue weighted by Gasteiger charge is -2.22. The molecule has 0 radical (unpaired) electrons. The summed E-state index contributed by atoms with van der Waals surface area (Å²) >= 11 is 0. The molecule has 1 aliphatic rings. The van der Waals surface area contributed by atoms with E-state index in [0.717, 1.165) is 5.56 Å². The molecule has 0 saturated carbocycles. The molecule has 1 aromatic rings. The molecular formula is C13H14O4. The van der Waals surface area contributed by atoms with Gasteiger partial charge in [0, 0.05) is 12.8 Å². The SMILES string of the molecule is COC(=O)c1cccc(C2CC(=O)CCO2)c1. The van der Waals surface area contributed by atoms with Crippen LogP contribution in [0.15, 0.2) is 24.3 Å². The molecule has 0 spiro atoms. The van der Waals surface area contributed by atoms with Crippen molar-refractivity contribution in [3.05, 3.63) is 35.4 Å². The minimum absolute atomic E-state index is 0.199. The molecule has 0 bridgehead atoms. The van der Waals surface area contributed by atoms with Gasteiger partial charge in [0.2, 0.25) is 0 Å². The number of benzene rings is 1. The van der Waals surface area contributed by atoms with E-state index in [1.807, 2.05) is 6.07 Å². The Morgan fingerprint density at radius 3 is 3.00 bits per heavy atom. The molecule has 0 aliphatic carbocycles. The van der Waals surface area contributed by atoms with Gasteiger partial charge in [-0.1, -0.05) is 12.1 Å². The maximum atomic E-state index is 11.4. The van der Waals surface area contributed by atoms with Gasteiger partial charge in [0.1, 0.15) is 5.78 Å². The van der Waals surface area contributed by atoms with E-state index in [1.165, 1.54) is 7.11 Å². The van der Waals surface area contributed by atoms with Crippen molar-refractivity contribution in [3.63, 3.8) is 0 Å². The first-order valence-corrected chi connectivity index (χ1v) is 5.52. The number of ether oxygens (including phenoxy) is 2. The van der Waals surface area contributed by atoms with E-state index in [9.17, 15) is 9.59 Å². The lowest BCUT2D eigenvalue weighted by molar-refractivity contribution is -0.128. The van der Waals surface area contributed by atoms with Crippen molar-refractivity contribution in [1.82, 2.24) is 0 Å². The summed E-state index contributed by atoms with van der Waals surface area (Å²) in [4.78, 5) is 22.7. The fourth-order valence-corrected chi connectivity index (χ4v) is 1.88. The molecule has 1 aliphatic heterocycles. The normalized spacial score (nSPS) is 20.1. The van der Waals surface area contributed by atoms with Gasteiger partial charge < -0.3 is 9.47 Å². The average molecular weight is 234 g/mol. The number of carbonyl (C=O) groups excluding carboxylic acids is 2. The van der Waals surface area contributed by atoms with Crippen LogP contribution in [0.3, 0.4) is 0 Å². The van der Waals surface area contributed by atoms with Crippen molar-refractivity contribution >= 4 is 11.8 Å². The van der Waals surface area contributed by atoms with Gasteiger partial charge in [0.05, 0.1) is 25.4 Å². The largest absolute Gasteiger partial charge is 0.465 e. The lowest BCUT2D eigenvalue weighted by atomic mass is 9.99. The Bertz CT molecular complexity index is 439. The summed E-state index contributed by atoms with van der Waals surface area (Å²) in [5.74, 6) is -0.182. The van der Waals surface area contributed by atoms with Gasteiger partial charge in [-0.15, -0.1) is 0 Å². The molecule has 1 aromatic carbocycles. The average Bonchev–Trinajstić information content (AvgIpc) is 2.38. The summed E-state index contributed by atoms with van der Waals surface area (Å²) in [7, 11) is 1.34. The minimum atomic E-state index is -0.381. The van der Waals surface area contributed by atoms with Crippen LogP contribution in [-0.4, -0.2) is 25.5 Å². The predicted octanol–water partition coefficient (Wildman–Crippen LogP) is 1.89. The fraction of sp³-hybridized carbons (Fsp3) is 0.385. The van der Waals surface area contributed by atoms with E-state index >= 15 is 0 Å². The summed E-state index contributed by atoms with van der Waals surface area (Å²) in [6.45, 7) is 0.450. The standard InChI is InChI=1S/C13H14O4/c1-16-13(15)10-4-2-3-9(7-10)12-8-11(14)5-6-17-12/h2-4,7,12H,5-6,8H2,1H3. The van der Waals surface area contributed by atoms with E-state index < -0.39 is 0 Å². The molecule has 17 heavy (non-hydrogen) atoms. The Labute approximate surface area is 99.5 Å². The smallest absolute Gasteiger partial charge is 0.337 e. The van der Waals surface area contributed by atoms with Crippen LogP contribution < -0.4 is 0 Å². The zero-order valence-electron chi connectivity index (χ0n) is 9.64. The number of esters is 1. The summed E-state index contributed by atoms with van der Waals surface area (Å²) in [6.07, 6.45) is 0.624. The Hall–Kier alpha value is -1.68. The van der Waals surface area contributed by atoms with Crippen LogP contribution in [0, 0.1) is 0 Å². The van der Waals surface area contributed by atoms with E-state index in [2.05, 4.69) is 4.74 Å². The van der Waals surface area contributed by atoms with Crippen LogP contribution in [0.1, 0.15) is 34.9 Å². The summed E-state index contributed by atoms with van der Waals surface area (Å²) in [5, 5.41) is 0. The molecule has 1 unspecified atom stereocenters. The van der Waals surface area contributed by atoms with Crippen molar-refractivity contribution in [3.8, 4) is 0 Å². The van der Waals surface area contributed by atoms with Crippen LogP contribution in [0.2, 0.25) is 0 Å². The Morgan fingerprint density at radius 1 is 1.47 bits per heavy atom. The Kier molecular flexibility index (Phi) is 3.54. The number of Topliss-reactive ketones (excluding diaryl/α,β-unsaturated/α-hetero) is 1. The first-order valence-electron chi connectivity index (χ1n) is 5.52. The van der Waals surface area contributed by atoms with Gasteiger partial charge in [-0.25, -0.2) is 4.79 Å². The number of hydrogen-bond acceptors (Lipinski definition) is 4. The third-order valence-electron chi connectivity index (χ3n) is 2.79. The number of rotatable bonds is 2. The maximum absolute atomic E-state index is 11.4. The minimum Gasteiger partial charge on any atom is -0.465 e. The van der Waals surface area contributed by atoms with Gasteiger partial charge in [-0.05, 0) is 17.7 Å². The van der Waals surface area contributed by atoms with Crippen LogP contribution in [0.4, 0.5) is 0 Å². The molecular weight excluding hydrogens is 220 g/mol. The van der Waals surface area contributed by atoms with E-state index in [4.69, 9.17) is 4.74 Å². The van der Waals surface area contributed by atoms with Crippen molar-refractivity contribution in [2.75, 3.05) is 13.7 Å². The number of methoxy groups -OCH3 is 1. The highest BCUT2D eigenvalue weighted by Crippen LogP contribution is 2.26. The molecule has 0 amide bonds. The summed E-state index contributed by atoms with van der Waals surface area (Å²) in [6, 6.07) is 7.02. The highest BCUT2D eigenvalue weighted by molar-refractivity contribution is 5.89. The maximum Gasteiger partial charge on any atom is 0.337 e. The first kappa shape index (κ1) is 11.8. The number of hydrogen-bond donors (Lipinski definition) is 0. The second kappa shape index (κ2) is 5.10. The van der Waals surface area contributed by atoms with Gasteiger partial charge >= 0.3 is 5.97 Å².